The summed E-state index contributed by atoms with van der Waals surface area (Å²) in [6, 6.07) is 8.05. The van der Waals surface area contributed by atoms with Crippen molar-refractivity contribution in [3.8, 4) is 9.85 Å². The van der Waals surface area contributed by atoms with Crippen molar-refractivity contribution in [3.05, 3.63) is 35.4 Å². The summed E-state index contributed by atoms with van der Waals surface area (Å²) in [6.45, 7) is 4.46. The van der Waals surface area contributed by atoms with Crippen molar-refractivity contribution in [1.29, 1.82) is 0 Å². The predicted molar refractivity (Wildman–Crippen MR) is 77.0 cm³/mol. The van der Waals surface area contributed by atoms with E-state index in [1.807, 2.05) is 34.7 Å². The molecule has 0 aromatic heterocycles. The molecule has 0 heterocycles. The first-order valence-corrected chi connectivity index (χ1v) is 6.54. The molecule has 0 aliphatic rings. The largest absolute Gasteiger partial charge is 0.452 e. The fourth-order valence-electron chi connectivity index (χ4n) is 1.38. The highest BCUT2D eigenvalue weighted by Gasteiger charge is 2.05. The summed E-state index contributed by atoms with van der Waals surface area (Å²) in [5.41, 5.74) is 2.25. The van der Waals surface area contributed by atoms with Crippen LogP contribution < -0.4 is 0 Å². The molecule has 1 rings (SSSR count). The van der Waals surface area contributed by atoms with E-state index in [1.165, 1.54) is 5.56 Å². The molecule has 0 aliphatic heterocycles. The molecular weight excluding hydrogens is 327 g/mol. The maximum Gasteiger partial charge on any atom is 0.311 e. The van der Waals surface area contributed by atoms with Crippen molar-refractivity contribution < 1.29 is 9.53 Å². The molecule has 0 unspecified atom stereocenters. The minimum Gasteiger partial charge on any atom is -0.452 e. The Kier molecular flexibility index (Phi) is 6.06. The van der Waals surface area contributed by atoms with Crippen LogP contribution >= 0.6 is 22.6 Å². The van der Waals surface area contributed by atoms with Gasteiger partial charge in [-0.2, -0.15) is 0 Å². The highest BCUT2D eigenvalue weighted by molar-refractivity contribution is 14.1. The van der Waals surface area contributed by atoms with Gasteiger partial charge in [-0.15, -0.1) is 0 Å². The number of hydrogen-bond acceptors (Lipinski definition) is 2. The lowest BCUT2D eigenvalue weighted by atomic mass is 10.0. The zero-order valence-electron chi connectivity index (χ0n) is 10.00. The summed E-state index contributed by atoms with van der Waals surface area (Å²) in [7, 11) is 0. The lowest BCUT2D eigenvalue weighted by Gasteiger charge is -2.06. The number of esters is 1. The highest BCUT2D eigenvalue weighted by atomic mass is 127. The zero-order valence-corrected chi connectivity index (χ0v) is 12.2. The molecule has 0 N–H and O–H groups in total. The zero-order chi connectivity index (χ0) is 12.7. The third-order valence-corrected chi connectivity index (χ3v) is 2.75. The molecule has 1 aromatic rings. The third-order valence-electron chi connectivity index (χ3n) is 2.37. The number of halogens is 1. The summed E-state index contributed by atoms with van der Waals surface area (Å²) >= 11 is 1.92. The molecule has 1 aromatic carbocycles. The number of ether oxygens (including phenoxy) is 1. The van der Waals surface area contributed by atoms with Gasteiger partial charge in [-0.1, -0.05) is 44.0 Å². The Hall–Kier alpha value is -1.02. The molecule has 2 nitrogen and oxygen atoms in total. The third kappa shape index (κ3) is 5.22. The Morgan fingerprint density at radius 2 is 2.00 bits per heavy atom. The number of carbonyl (C=O) groups is 1. The van der Waals surface area contributed by atoms with E-state index < -0.39 is 0 Å². The molecule has 0 radical (unpaired) electrons. The molecule has 0 saturated heterocycles. The highest BCUT2D eigenvalue weighted by Crippen LogP contribution is 2.15. The van der Waals surface area contributed by atoms with Gasteiger partial charge in [0.25, 0.3) is 0 Å². The minimum absolute atomic E-state index is 0.172. The summed E-state index contributed by atoms with van der Waals surface area (Å²) < 4.78 is 7.60. The molecule has 3 heteroatoms. The van der Waals surface area contributed by atoms with Crippen LogP contribution in [0.5, 0.6) is 0 Å². The van der Waals surface area contributed by atoms with Crippen LogP contribution in [0, 0.1) is 9.85 Å². The van der Waals surface area contributed by atoms with Gasteiger partial charge >= 0.3 is 5.97 Å². The van der Waals surface area contributed by atoms with Crippen molar-refractivity contribution in [2.24, 2.45) is 0 Å². The summed E-state index contributed by atoms with van der Waals surface area (Å²) in [4.78, 5) is 11.4. The van der Waals surface area contributed by atoms with E-state index >= 15 is 0 Å². The van der Waals surface area contributed by atoms with Gasteiger partial charge in [-0.3, -0.25) is 4.79 Å². The Morgan fingerprint density at radius 1 is 1.35 bits per heavy atom. The number of rotatable bonds is 4. The second kappa shape index (κ2) is 7.33. The van der Waals surface area contributed by atoms with Crippen molar-refractivity contribution in [2.45, 2.75) is 26.2 Å². The first kappa shape index (κ1) is 14.0. The van der Waals surface area contributed by atoms with E-state index in [-0.39, 0.29) is 12.6 Å². The molecule has 0 amide bonds. The second-order valence-electron chi connectivity index (χ2n) is 4.01. The normalized spacial score (nSPS) is 9.65. The second-order valence-corrected chi connectivity index (χ2v) is 4.54. The molecule has 17 heavy (non-hydrogen) atoms. The summed E-state index contributed by atoms with van der Waals surface area (Å²) in [5, 5.41) is 0. The van der Waals surface area contributed by atoms with Gasteiger partial charge in [0.2, 0.25) is 0 Å². The Morgan fingerprint density at radius 3 is 2.53 bits per heavy atom. The minimum atomic E-state index is -0.235. The average molecular weight is 342 g/mol. The van der Waals surface area contributed by atoms with Crippen LogP contribution in [-0.4, -0.2) is 12.6 Å². The van der Waals surface area contributed by atoms with E-state index in [9.17, 15) is 4.79 Å². The molecule has 0 fully saturated rings. The van der Waals surface area contributed by atoms with Crippen LogP contribution in [0.4, 0.5) is 0 Å². The van der Waals surface area contributed by atoms with E-state index in [0.717, 1.165) is 5.56 Å². The van der Waals surface area contributed by atoms with Crippen molar-refractivity contribution >= 4 is 28.6 Å². The lowest BCUT2D eigenvalue weighted by Crippen LogP contribution is -2.08. The standard InChI is InChI=1S/C14H15IO2/c1-11(2)13-6-4-12(5-7-13)10-14(16)17-9-3-8-15/h4-7,11H,9-10H2,1-2H3. The van der Waals surface area contributed by atoms with Gasteiger partial charge in [0.05, 0.1) is 6.42 Å². The van der Waals surface area contributed by atoms with E-state index in [0.29, 0.717) is 12.3 Å². The Balaban J connectivity index is 2.50. The first-order chi connectivity index (χ1) is 8.13. The molecular formula is C14H15IO2. The topological polar surface area (TPSA) is 26.3 Å². The van der Waals surface area contributed by atoms with Gasteiger partial charge in [-0.25, -0.2) is 0 Å². The van der Waals surface area contributed by atoms with Crippen molar-refractivity contribution in [1.82, 2.24) is 0 Å². The van der Waals surface area contributed by atoms with Crippen LogP contribution in [0.15, 0.2) is 24.3 Å². The monoisotopic (exact) mass is 342 g/mol. The van der Waals surface area contributed by atoms with Gasteiger partial charge in [0, 0.05) is 22.6 Å². The fourth-order valence-corrected chi connectivity index (χ4v) is 1.54. The van der Waals surface area contributed by atoms with Gasteiger partial charge in [0.15, 0.2) is 6.61 Å². The van der Waals surface area contributed by atoms with Crippen LogP contribution in [0.25, 0.3) is 0 Å². The molecule has 0 spiro atoms. The van der Waals surface area contributed by atoms with E-state index in [1.54, 1.807) is 0 Å². The van der Waals surface area contributed by atoms with Crippen LogP contribution in [0.2, 0.25) is 0 Å². The van der Waals surface area contributed by atoms with Gasteiger partial charge in [0.1, 0.15) is 0 Å². The first-order valence-electron chi connectivity index (χ1n) is 5.46. The molecule has 0 atom stereocenters. The number of benzene rings is 1. The van der Waals surface area contributed by atoms with Gasteiger partial charge < -0.3 is 4.74 Å². The molecule has 90 valence electrons. The maximum atomic E-state index is 11.4. The van der Waals surface area contributed by atoms with Gasteiger partial charge in [-0.05, 0) is 21.0 Å². The average Bonchev–Trinajstić information content (AvgIpc) is 2.30. The maximum absolute atomic E-state index is 11.4. The number of carbonyl (C=O) groups excluding carboxylic acids is 1. The molecule has 0 bridgehead atoms. The van der Waals surface area contributed by atoms with Crippen molar-refractivity contribution in [3.63, 3.8) is 0 Å². The van der Waals surface area contributed by atoms with E-state index in [4.69, 9.17) is 4.74 Å². The Labute approximate surface area is 116 Å². The summed E-state index contributed by atoms with van der Waals surface area (Å²) in [6.07, 6.45) is 0.307. The fraction of sp³-hybridized carbons (Fsp3) is 0.357. The van der Waals surface area contributed by atoms with E-state index in [2.05, 4.69) is 35.8 Å². The quantitative estimate of drug-likeness (QED) is 0.477. The summed E-state index contributed by atoms with van der Waals surface area (Å²) in [5.74, 6) is 2.96. The lowest BCUT2D eigenvalue weighted by molar-refractivity contribution is -0.141. The number of hydrogen-bond donors (Lipinski definition) is 0. The smallest absolute Gasteiger partial charge is 0.311 e. The van der Waals surface area contributed by atoms with Crippen LogP contribution in [0.1, 0.15) is 30.9 Å². The molecule has 0 saturated carbocycles. The molecule has 0 aliphatic carbocycles. The predicted octanol–water partition coefficient (Wildman–Crippen LogP) is 3.29. The van der Waals surface area contributed by atoms with Crippen LogP contribution in [-0.2, 0) is 16.0 Å². The SMILES string of the molecule is CC(C)c1ccc(CC(=O)OCC#CI)cc1. The Bertz CT molecular complexity index is 424. The van der Waals surface area contributed by atoms with Crippen molar-refractivity contribution in [2.75, 3.05) is 6.61 Å². The van der Waals surface area contributed by atoms with Crippen LogP contribution in [0.3, 0.4) is 0 Å².